The van der Waals surface area contributed by atoms with Crippen molar-refractivity contribution in [3.63, 3.8) is 0 Å². The van der Waals surface area contributed by atoms with Crippen LogP contribution in [0.25, 0.3) is 0 Å². The summed E-state index contributed by atoms with van der Waals surface area (Å²) in [5.41, 5.74) is 0.494. The molecular formula is C7H6F+. The number of hydrogen-bond acceptors (Lipinski definition) is 0. The van der Waals surface area contributed by atoms with Crippen LogP contribution < -0.4 is 0 Å². The average Bonchev–Trinajstić information content (AvgIpc) is 1.64. The van der Waals surface area contributed by atoms with Crippen LogP contribution in [0, 0.1) is 6.58 Å². The Morgan fingerprint density at radius 3 is 2.75 bits per heavy atom. The quantitative estimate of drug-likeness (QED) is 0.418. The van der Waals surface area contributed by atoms with Crippen LogP contribution in [0.4, 0.5) is 4.39 Å². The minimum atomic E-state index is -0.162. The average molecular weight is 109 g/mol. The van der Waals surface area contributed by atoms with Gasteiger partial charge in [-0.2, -0.15) is 4.39 Å². The highest BCUT2D eigenvalue weighted by Crippen LogP contribution is 2.13. The summed E-state index contributed by atoms with van der Waals surface area (Å²) in [4.78, 5) is 0. The lowest BCUT2D eigenvalue weighted by atomic mass is 10.1. The molecule has 1 aliphatic carbocycles. The lowest BCUT2D eigenvalue weighted by Crippen LogP contribution is -1.79. The molecule has 8 heavy (non-hydrogen) atoms. The van der Waals surface area contributed by atoms with Crippen molar-refractivity contribution in [2.24, 2.45) is 0 Å². The molecule has 0 aromatic heterocycles. The van der Waals surface area contributed by atoms with Crippen LogP contribution >= 0.6 is 0 Å². The Morgan fingerprint density at radius 2 is 2.38 bits per heavy atom. The van der Waals surface area contributed by atoms with Gasteiger partial charge in [0.15, 0.2) is 11.4 Å². The summed E-state index contributed by atoms with van der Waals surface area (Å²) in [6, 6.07) is 0. The molecular weight excluding hydrogens is 103 g/mol. The number of halogens is 1. The third-order valence-electron chi connectivity index (χ3n) is 0.946. The van der Waals surface area contributed by atoms with E-state index in [4.69, 9.17) is 6.58 Å². The van der Waals surface area contributed by atoms with Crippen molar-refractivity contribution >= 4 is 0 Å². The van der Waals surface area contributed by atoms with Crippen LogP contribution in [0.15, 0.2) is 29.6 Å². The van der Waals surface area contributed by atoms with E-state index in [0.29, 0.717) is 12.0 Å². The van der Waals surface area contributed by atoms with Gasteiger partial charge in [-0.25, -0.2) is 0 Å². The molecule has 0 saturated carbocycles. The van der Waals surface area contributed by atoms with E-state index in [1.165, 1.54) is 6.08 Å². The van der Waals surface area contributed by atoms with E-state index in [1.807, 2.05) is 0 Å². The van der Waals surface area contributed by atoms with Gasteiger partial charge in [0.05, 0.1) is 12.2 Å². The zero-order valence-corrected chi connectivity index (χ0v) is 4.39. The second kappa shape index (κ2) is 1.89. The third kappa shape index (κ3) is 1.02. The Labute approximate surface area is 48.0 Å². The molecule has 0 aliphatic heterocycles. The van der Waals surface area contributed by atoms with Crippen molar-refractivity contribution < 1.29 is 4.39 Å². The maximum atomic E-state index is 12.1. The highest BCUT2D eigenvalue weighted by atomic mass is 19.1. The summed E-state index contributed by atoms with van der Waals surface area (Å²) in [5, 5.41) is 0. The van der Waals surface area contributed by atoms with Gasteiger partial charge in [-0.05, 0) is 6.08 Å². The summed E-state index contributed by atoms with van der Waals surface area (Å²) in [5.74, 6) is -0.162. The van der Waals surface area contributed by atoms with Crippen molar-refractivity contribution in [3.05, 3.63) is 36.2 Å². The minimum Gasteiger partial charge on any atom is -0.196 e. The van der Waals surface area contributed by atoms with Gasteiger partial charge in [0, 0.05) is 13.0 Å². The molecule has 0 spiro atoms. The predicted molar refractivity (Wildman–Crippen MR) is 30.8 cm³/mol. The highest BCUT2D eigenvalue weighted by Gasteiger charge is 2.05. The Balaban J connectivity index is 2.74. The van der Waals surface area contributed by atoms with Crippen molar-refractivity contribution in [1.29, 1.82) is 0 Å². The topological polar surface area (TPSA) is 0 Å². The standard InChI is InChI=1S/C7H6F/c1-6-3-2-4-7(8)5-6/h1-3,5H,4H2/q+1. The number of allylic oxidation sites excluding steroid dienone is 5. The van der Waals surface area contributed by atoms with Crippen LogP contribution in [-0.4, -0.2) is 0 Å². The van der Waals surface area contributed by atoms with Gasteiger partial charge in [-0.3, -0.25) is 0 Å². The van der Waals surface area contributed by atoms with E-state index in [1.54, 1.807) is 12.2 Å². The minimum absolute atomic E-state index is 0.162. The molecule has 0 aromatic rings. The number of rotatable bonds is 0. The molecule has 0 heterocycles. The van der Waals surface area contributed by atoms with Gasteiger partial charge in [0.1, 0.15) is 0 Å². The zero-order chi connectivity index (χ0) is 5.98. The summed E-state index contributed by atoms with van der Waals surface area (Å²) in [6.07, 6.45) is 5.12. The Kier molecular flexibility index (Phi) is 1.23. The second-order valence-corrected chi connectivity index (χ2v) is 1.70. The molecule has 0 N–H and O–H groups in total. The van der Waals surface area contributed by atoms with E-state index >= 15 is 0 Å². The normalized spacial score (nSPS) is 18.5. The molecule has 0 amide bonds. The smallest absolute Gasteiger partial charge is 0.182 e. The highest BCUT2D eigenvalue weighted by molar-refractivity contribution is 5.32. The SMILES string of the molecule is [CH+]=C1C=CCC(F)=C1. The van der Waals surface area contributed by atoms with Gasteiger partial charge in [-0.1, -0.05) is 0 Å². The molecule has 0 atom stereocenters. The van der Waals surface area contributed by atoms with Gasteiger partial charge < -0.3 is 0 Å². The van der Waals surface area contributed by atoms with E-state index < -0.39 is 0 Å². The maximum Gasteiger partial charge on any atom is 0.182 e. The second-order valence-electron chi connectivity index (χ2n) is 1.70. The summed E-state index contributed by atoms with van der Waals surface area (Å²) in [6.45, 7) is 5.24. The van der Waals surface area contributed by atoms with Crippen LogP contribution in [0.1, 0.15) is 6.42 Å². The van der Waals surface area contributed by atoms with Gasteiger partial charge in [0.2, 0.25) is 0 Å². The van der Waals surface area contributed by atoms with E-state index in [9.17, 15) is 4.39 Å². The van der Waals surface area contributed by atoms with Crippen LogP contribution in [0.2, 0.25) is 0 Å². The number of hydrogen-bond donors (Lipinski definition) is 0. The Bertz CT molecular complexity index is 163. The molecule has 0 bridgehead atoms. The molecule has 40 valence electrons. The van der Waals surface area contributed by atoms with Crippen LogP contribution in [-0.2, 0) is 0 Å². The van der Waals surface area contributed by atoms with E-state index in [2.05, 4.69) is 0 Å². The largest absolute Gasteiger partial charge is 0.196 e. The van der Waals surface area contributed by atoms with Crippen molar-refractivity contribution in [2.75, 3.05) is 0 Å². The molecule has 0 radical (unpaired) electrons. The fourth-order valence-corrected chi connectivity index (χ4v) is 0.595. The first kappa shape index (κ1) is 5.20. The maximum absolute atomic E-state index is 12.1. The monoisotopic (exact) mass is 109 g/mol. The Morgan fingerprint density at radius 1 is 1.62 bits per heavy atom. The summed E-state index contributed by atoms with van der Waals surface area (Å²) >= 11 is 0. The van der Waals surface area contributed by atoms with Crippen LogP contribution in [0.3, 0.4) is 0 Å². The molecule has 0 unspecified atom stereocenters. The lowest BCUT2D eigenvalue weighted by Gasteiger charge is -1.88. The molecule has 1 aliphatic rings. The predicted octanol–water partition coefficient (Wildman–Crippen LogP) is 2.16. The van der Waals surface area contributed by atoms with Crippen LogP contribution in [0.5, 0.6) is 0 Å². The molecule has 1 heteroatoms. The molecule has 0 nitrogen and oxygen atoms in total. The first-order valence-corrected chi connectivity index (χ1v) is 2.44. The molecule has 1 rings (SSSR count). The Hall–Kier alpha value is -0.940. The summed E-state index contributed by atoms with van der Waals surface area (Å²) < 4.78 is 12.1. The third-order valence-corrected chi connectivity index (χ3v) is 0.946. The van der Waals surface area contributed by atoms with Gasteiger partial charge in [-0.15, -0.1) is 0 Å². The van der Waals surface area contributed by atoms with Crippen molar-refractivity contribution in [3.8, 4) is 0 Å². The summed E-state index contributed by atoms with van der Waals surface area (Å²) in [7, 11) is 0. The zero-order valence-electron chi connectivity index (χ0n) is 4.39. The van der Waals surface area contributed by atoms with Gasteiger partial charge >= 0.3 is 0 Å². The van der Waals surface area contributed by atoms with E-state index in [0.717, 1.165) is 0 Å². The van der Waals surface area contributed by atoms with Crippen molar-refractivity contribution in [1.82, 2.24) is 0 Å². The van der Waals surface area contributed by atoms with Gasteiger partial charge in [0.25, 0.3) is 0 Å². The first-order valence-electron chi connectivity index (χ1n) is 2.44. The molecule has 0 fully saturated rings. The first-order chi connectivity index (χ1) is 3.79. The molecule has 0 aromatic carbocycles. The fraction of sp³-hybridized carbons (Fsp3) is 0.143. The lowest BCUT2D eigenvalue weighted by molar-refractivity contribution is 0.615. The van der Waals surface area contributed by atoms with Crippen molar-refractivity contribution in [2.45, 2.75) is 6.42 Å². The fourth-order valence-electron chi connectivity index (χ4n) is 0.595. The van der Waals surface area contributed by atoms with E-state index in [-0.39, 0.29) is 5.83 Å². The molecule has 0 saturated heterocycles.